The normalized spacial score (nSPS) is 23.8. The number of nitrogens with one attached hydrogen (secondary N) is 1. The summed E-state index contributed by atoms with van der Waals surface area (Å²) >= 11 is 0. The average molecular weight is 384 g/mol. The Hall–Kier alpha value is -2.94. The Morgan fingerprint density at radius 1 is 1.21 bits per heavy atom. The van der Waals surface area contributed by atoms with Crippen LogP contribution in [0.25, 0.3) is 0 Å². The summed E-state index contributed by atoms with van der Waals surface area (Å²) in [6.07, 6.45) is 3.87. The van der Waals surface area contributed by atoms with E-state index in [1.54, 1.807) is 18.2 Å². The molecule has 1 atom stereocenters. The summed E-state index contributed by atoms with van der Waals surface area (Å²) in [7, 11) is 0. The molecule has 28 heavy (non-hydrogen) atoms. The zero-order valence-electron chi connectivity index (χ0n) is 15.3. The van der Waals surface area contributed by atoms with Crippen molar-refractivity contribution in [1.82, 2.24) is 15.1 Å². The molecule has 3 aliphatic rings. The molecule has 0 radical (unpaired) electrons. The van der Waals surface area contributed by atoms with Crippen LogP contribution in [0, 0.1) is 11.7 Å². The molecule has 3 heterocycles. The van der Waals surface area contributed by atoms with E-state index in [1.807, 2.05) is 0 Å². The van der Waals surface area contributed by atoms with Crippen LogP contribution in [0.4, 0.5) is 9.18 Å². The summed E-state index contributed by atoms with van der Waals surface area (Å²) in [5, 5.41) is 2.61. The van der Waals surface area contributed by atoms with E-state index in [0.717, 1.165) is 24.5 Å². The number of nitrogens with zero attached hydrogens (tertiary/aromatic N) is 5. The van der Waals surface area contributed by atoms with Crippen molar-refractivity contribution in [3.8, 4) is 0 Å². The maximum atomic E-state index is 13.9. The van der Waals surface area contributed by atoms with Crippen molar-refractivity contribution in [1.29, 1.82) is 0 Å². The van der Waals surface area contributed by atoms with Gasteiger partial charge in [-0.2, -0.15) is 4.99 Å². The fourth-order valence-electron chi connectivity index (χ4n) is 3.47. The van der Waals surface area contributed by atoms with E-state index in [9.17, 15) is 14.0 Å². The quantitative estimate of drug-likeness (QED) is 0.833. The van der Waals surface area contributed by atoms with Gasteiger partial charge in [0.1, 0.15) is 17.6 Å². The van der Waals surface area contributed by atoms with E-state index in [4.69, 9.17) is 0 Å². The number of rotatable bonds is 5. The minimum Gasteiger partial charge on any atom is -0.301 e. The molecule has 146 valence electrons. The minimum absolute atomic E-state index is 0.147. The summed E-state index contributed by atoms with van der Waals surface area (Å²) in [5.74, 6) is -1.27. The third-order valence-corrected chi connectivity index (χ3v) is 5.02. The number of amides is 3. The van der Waals surface area contributed by atoms with Crippen LogP contribution in [0.3, 0.4) is 0 Å². The molecule has 1 aromatic carbocycles. The molecular formula is C19H21FN6O2. The van der Waals surface area contributed by atoms with Gasteiger partial charge < -0.3 is 4.90 Å². The van der Waals surface area contributed by atoms with Gasteiger partial charge in [-0.3, -0.25) is 15.0 Å². The summed E-state index contributed by atoms with van der Waals surface area (Å²) in [5.41, 5.74) is 0.267. The van der Waals surface area contributed by atoms with Gasteiger partial charge in [0.15, 0.2) is 0 Å². The van der Waals surface area contributed by atoms with Gasteiger partial charge in [0.25, 0.3) is 0 Å². The third kappa shape index (κ3) is 3.84. The van der Waals surface area contributed by atoms with Gasteiger partial charge in [0.2, 0.25) is 11.9 Å². The lowest BCUT2D eigenvalue weighted by atomic mass is 10.0. The second kappa shape index (κ2) is 7.97. The Kier molecular flexibility index (Phi) is 5.25. The average Bonchev–Trinajstić information content (AvgIpc) is 3.20. The van der Waals surface area contributed by atoms with Crippen LogP contribution in [0.5, 0.6) is 0 Å². The van der Waals surface area contributed by atoms with E-state index in [2.05, 4.69) is 25.2 Å². The molecule has 2 saturated heterocycles. The standard InChI is InChI=1S/C19H21FN6O2/c20-15-6-2-1-5-13(15)12-26-17(27)14-11-22-18(23-16(14)24-19(26)28)21-7-10-25-8-3-4-9-25/h1-2,5-6,11,14H,3-4,7-10,12H2,(H,21,23,24,28). The number of halogens is 1. The largest absolute Gasteiger partial charge is 0.329 e. The van der Waals surface area contributed by atoms with E-state index in [-0.39, 0.29) is 23.9 Å². The number of amidine groups is 1. The molecule has 0 saturated carbocycles. The number of hydrogen-bond donors (Lipinski definition) is 1. The fraction of sp³-hybridized carbons (Fsp3) is 0.421. The highest BCUT2D eigenvalue weighted by Gasteiger charge is 2.39. The number of benzene rings is 1. The number of likely N-dealkylation sites (tertiary alicyclic amines) is 1. The number of aliphatic imine (C=N–C) groups is 3. The van der Waals surface area contributed by atoms with Crippen molar-refractivity contribution in [2.45, 2.75) is 19.4 Å². The second-order valence-electron chi connectivity index (χ2n) is 6.93. The van der Waals surface area contributed by atoms with E-state index in [0.29, 0.717) is 6.54 Å². The Balaban J connectivity index is 1.43. The van der Waals surface area contributed by atoms with Crippen LogP contribution < -0.4 is 5.32 Å². The number of guanidine groups is 1. The van der Waals surface area contributed by atoms with Crippen molar-refractivity contribution in [2.24, 2.45) is 20.9 Å². The van der Waals surface area contributed by atoms with E-state index >= 15 is 0 Å². The number of imide groups is 1. The number of hydrogen-bond acceptors (Lipinski definition) is 4. The Morgan fingerprint density at radius 2 is 2.00 bits per heavy atom. The number of carbonyl (C=O) groups is 2. The molecule has 1 aromatic rings. The molecule has 1 N–H and O–H groups in total. The lowest BCUT2D eigenvalue weighted by molar-refractivity contribution is -0.129. The van der Waals surface area contributed by atoms with Gasteiger partial charge in [-0.05, 0) is 32.0 Å². The van der Waals surface area contributed by atoms with Crippen molar-refractivity contribution in [2.75, 3.05) is 26.2 Å². The molecule has 3 aliphatic heterocycles. The SMILES string of the molecule is O=C1NC2=NC(=NCCN3CCCC3)N=CC2C(=O)N1Cc1ccccc1F. The van der Waals surface area contributed by atoms with Crippen molar-refractivity contribution in [3.63, 3.8) is 0 Å². The van der Waals surface area contributed by atoms with Gasteiger partial charge >= 0.3 is 6.03 Å². The molecule has 0 bridgehead atoms. The summed E-state index contributed by atoms with van der Waals surface area (Å²) < 4.78 is 13.9. The Morgan fingerprint density at radius 3 is 2.79 bits per heavy atom. The summed E-state index contributed by atoms with van der Waals surface area (Å²) in [4.78, 5) is 41.1. The number of urea groups is 1. The van der Waals surface area contributed by atoms with Gasteiger partial charge in [-0.1, -0.05) is 18.2 Å². The van der Waals surface area contributed by atoms with Crippen LogP contribution >= 0.6 is 0 Å². The monoisotopic (exact) mass is 384 g/mol. The topological polar surface area (TPSA) is 89.7 Å². The second-order valence-corrected chi connectivity index (χ2v) is 6.93. The van der Waals surface area contributed by atoms with Crippen molar-refractivity contribution >= 4 is 29.9 Å². The summed E-state index contributed by atoms with van der Waals surface area (Å²) in [6, 6.07) is 5.42. The van der Waals surface area contributed by atoms with Gasteiger partial charge in [-0.25, -0.2) is 19.2 Å². The van der Waals surface area contributed by atoms with Crippen LogP contribution in [0.1, 0.15) is 18.4 Å². The lowest BCUT2D eigenvalue weighted by Crippen LogP contribution is -2.58. The molecular weight excluding hydrogens is 363 g/mol. The molecule has 2 fully saturated rings. The predicted molar refractivity (Wildman–Crippen MR) is 103 cm³/mol. The number of carbonyl (C=O) groups excluding carboxylic acids is 2. The molecule has 0 spiro atoms. The van der Waals surface area contributed by atoms with Gasteiger partial charge in [-0.15, -0.1) is 0 Å². The Labute approximate surface area is 161 Å². The van der Waals surface area contributed by atoms with Gasteiger partial charge in [0, 0.05) is 18.3 Å². The van der Waals surface area contributed by atoms with Crippen LogP contribution in [-0.4, -0.2) is 65.9 Å². The van der Waals surface area contributed by atoms with Crippen LogP contribution in [0.2, 0.25) is 0 Å². The van der Waals surface area contributed by atoms with E-state index < -0.39 is 23.7 Å². The van der Waals surface area contributed by atoms with E-state index in [1.165, 1.54) is 25.1 Å². The highest BCUT2D eigenvalue weighted by Crippen LogP contribution is 2.18. The van der Waals surface area contributed by atoms with Crippen LogP contribution in [-0.2, 0) is 11.3 Å². The zero-order valence-corrected chi connectivity index (χ0v) is 15.3. The first-order valence-corrected chi connectivity index (χ1v) is 9.37. The zero-order chi connectivity index (χ0) is 19.5. The molecule has 1 unspecified atom stereocenters. The molecule has 4 rings (SSSR count). The third-order valence-electron chi connectivity index (χ3n) is 5.02. The molecule has 9 heteroatoms. The predicted octanol–water partition coefficient (Wildman–Crippen LogP) is 1.43. The van der Waals surface area contributed by atoms with Crippen LogP contribution in [0.15, 0.2) is 39.2 Å². The summed E-state index contributed by atoms with van der Waals surface area (Å²) in [6.45, 7) is 3.44. The highest BCUT2D eigenvalue weighted by molar-refractivity contribution is 6.28. The molecule has 0 aliphatic carbocycles. The lowest BCUT2D eigenvalue weighted by Gasteiger charge is -2.31. The molecule has 0 aromatic heterocycles. The molecule has 8 nitrogen and oxygen atoms in total. The van der Waals surface area contributed by atoms with Crippen molar-refractivity contribution in [3.05, 3.63) is 35.6 Å². The highest BCUT2D eigenvalue weighted by atomic mass is 19.1. The first-order valence-electron chi connectivity index (χ1n) is 9.37. The fourth-order valence-corrected chi connectivity index (χ4v) is 3.47. The van der Waals surface area contributed by atoms with Crippen molar-refractivity contribution < 1.29 is 14.0 Å². The first kappa shape index (κ1) is 18.4. The molecule has 3 amide bonds. The smallest absolute Gasteiger partial charge is 0.301 e. The number of fused-ring (bicyclic) bond motifs is 1. The van der Waals surface area contributed by atoms with Gasteiger partial charge in [0.05, 0.1) is 13.1 Å². The first-order chi connectivity index (χ1) is 13.6. The Bertz CT molecular complexity index is 875. The maximum Gasteiger partial charge on any atom is 0.329 e. The minimum atomic E-state index is -0.790. The maximum absolute atomic E-state index is 13.9.